The molecule has 2 nitrogen and oxygen atoms in total. The lowest BCUT2D eigenvalue weighted by Crippen LogP contribution is -1.84. The van der Waals surface area contributed by atoms with Crippen LogP contribution in [0.1, 0.15) is 21.5 Å². The molecule has 0 saturated carbocycles. The van der Waals surface area contributed by atoms with Crippen molar-refractivity contribution in [3.8, 4) is 5.75 Å². The molecule has 0 bridgehead atoms. The first-order valence-electron chi connectivity index (χ1n) is 5.70. The number of hydrogen-bond acceptors (Lipinski definition) is 2. The lowest BCUT2D eigenvalue weighted by atomic mass is 10.1. The molecule has 0 aliphatic carbocycles. The Morgan fingerprint density at radius 1 is 0.889 bits per heavy atom. The van der Waals surface area contributed by atoms with Gasteiger partial charge in [0.1, 0.15) is 5.75 Å². The summed E-state index contributed by atoms with van der Waals surface area (Å²) in [6.07, 6.45) is 4.78. The van der Waals surface area contributed by atoms with Crippen molar-refractivity contribution in [3.05, 3.63) is 65.2 Å². The second kappa shape index (κ2) is 5.82. The molecular formula is C16H14O2. The SMILES string of the molecule is COc1ccc(C=Cc2ccccc2C=O)cc1. The summed E-state index contributed by atoms with van der Waals surface area (Å²) >= 11 is 0. The Hall–Kier alpha value is -2.35. The minimum Gasteiger partial charge on any atom is -0.497 e. The highest BCUT2D eigenvalue weighted by molar-refractivity contribution is 5.84. The highest BCUT2D eigenvalue weighted by Crippen LogP contribution is 2.15. The molecule has 2 aromatic carbocycles. The molecule has 18 heavy (non-hydrogen) atoms. The van der Waals surface area contributed by atoms with Crippen molar-refractivity contribution >= 4 is 18.4 Å². The minimum atomic E-state index is 0.697. The zero-order chi connectivity index (χ0) is 12.8. The predicted molar refractivity (Wildman–Crippen MR) is 73.8 cm³/mol. The lowest BCUT2D eigenvalue weighted by Gasteiger charge is -2.00. The third-order valence-electron chi connectivity index (χ3n) is 2.69. The quantitative estimate of drug-likeness (QED) is 0.600. The van der Waals surface area contributed by atoms with Gasteiger partial charge in [0.05, 0.1) is 7.11 Å². The van der Waals surface area contributed by atoms with Crippen LogP contribution in [-0.4, -0.2) is 13.4 Å². The van der Waals surface area contributed by atoms with Gasteiger partial charge in [-0.25, -0.2) is 0 Å². The molecule has 0 saturated heterocycles. The van der Waals surface area contributed by atoms with E-state index in [2.05, 4.69) is 0 Å². The van der Waals surface area contributed by atoms with Crippen molar-refractivity contribution in [2.75, 3.05) is 7.11 Å². The van der Waals surface area contributed by atoms with Crippen LogP contribution in [0, 0.1) is 0 Å². The Morgan fingerprint density at radius 3 is 2.17 bits per heavy atom. The van der Waals surface area contributed by atoms with Gasteiger partial charge in [-0.3, -0.25) is 4.79 Å². The van der Waals surface area contributed by atoms with Gasteiger partial charge in [-0.05, 0) is 23.3 Å². The number of carbonyl (C=O) groups excluding carboxylic acids is 1. The number of ether oxygens (including phenoxy) is 1. The lowest BCUT2D eigenvalue weighted by molar-refractivity contribution is 0.112. The molecule has 2 aromatic rings. The van der Waals surface area contributed by atoms with E-state index in [9.17, 15) is 4.79 Å². The van der Waals surface area contributed by atoms with Gasteiger partial charge in [-0.15, -0.1) is 0 Å². The van der Waals surface area contributed by atoms with Crippen molar-refractivity contribution in [1.29, 1.82) is 0 Å². The molecule has 0 heterocycles. The van der Waals surface area contributed by atoms with Crippen LogP contribution in [0.4, 0.5) is 0 Å². The Kier molecular flexibility index (Phi) is 3.92. The molecule has 0 aromatic heterocycles. The van der Waals surface area contributed by atoms with Crippen molar-refractivity contribution in [2.45, 2.75) is 0 Å². The molecule has 0 aliphatic heterocycles. The number of carbonyl (C=O) groups is 1. The molecule has 0 N–H and O–H groups in total. The van der Waals surface area contributed by atoms with E-state index in [1.54, 1.807) is 13.2 Å². The zero-order valence-corrected chi connectivity index (χ0v) is 10.2. The molecule has 0 atom stereocenters. The summed E-state index contributed by atoms with van der Waals surface area (Å²) in [6.45, 7) is 0. The Bertz CT molecular complexity index is 554. The molecule has 90 valence electrons. The van der Waals surface area contributed by atoms with Crippen molar-refractivity contribution in [3.63, 3.8) is 0 Å². The van der Waals surface area contributed by atoms with E-state index in [4.69, 9.17) is 4.74 Å². The normalized spacial score (nSPS) is 10.5. The van der Waals surface area contributed by atoms with Gasteiger partial charge in [-0.2, -0.15) is 0 Å². The van der Waals surface area contributed by atoms with E-state index in [0.717, 1.165) is 23.2 Å². The number of rotatable bonds is 4. The zero-order valence-electron chi connectivity index (χ0n) is 10.2. The summed E-state index contributed by atoms with van der Waals surface area (Å²) in [7, 11) is 1.64. The van der Waals surface area contributed by atoms with Crippen LogP contribution in [0.5, 0.6) is 5.75 Å². The molecule has 0 unspecified atom stereocenters. The fraction of sp³-hybridized carbons (Fsp3) is 0.0625. The fourth-order valence-electron chi connectivity index (χ4n) is 1.67. The summed E-state index contributed by atoms with van der Waals surface area (Å²) in [5.74, 6) is 0.834. The summed E-state index contributed by atoms with van der Waals surface area (Å²) in [6, 6.07) is 15.3. The largest absolute Gasteiger partial charge is 0.497 e. The van der Waals surface area contributed by atoms with E-state index in [-0.39, 0.29) is 0 Å². The van der Waals surface area contributed by atoms with Crippen molar-refractivity contribution in [2.24, 2.45) is 0 Å². The van der Waals surface area contributed by atoms with Gasteiger partial charge in [0, 0.05) is 5.56 Å². The smallest absolute Gasteiger partial charge is 0.150 e. The van der Waals surface area contributed by atoms with Crippen LogP contribution >= 0.6 is 0 Å². The highest BCUT2D eigenvalue weighted by atomic mass is 16.5. The van der Waals surface area contributed by atoms with E-state index in [1.807, 2.05) is 54.6 Å². The van der Waals surface area contributed by atoms with Crippen LogP contribution in [0.25, 0.3) is 12.2 Å². The summed E-state index contributed by atoms with van der Waals surface area (Å²) in [5, 5.41) is 0. The van der Waals surface area contributed by atoms with E-state index >= 15 is 0 Å². The molecule has 2 heteroatoms. The van der Waals surface area contributed by atoms with Gasteiger partial charge in [0.15, 0.2) is 6.29 Å². The van der Waals surface area contributed by atoms with Gasteiger partial charge >= 0.3 is 0 Å². The standard InChI is InChI=1S/C16H14O2/c1-18-16-10-7-13(8-11-16)6-9-14-4-2-3-5-15(14)12-17/h2-12H,1H3. The Morgan fingerprint density at radius 2 is 1.56 bits per heavy atom. The molecule has 0 aliphatic rings. The highest BCUT2D eigenvalue weighted by Gasteiger charge is 1.96. The van der Waals surface area contributed by atoms with Crippen LogP contribution in [0.15, 0.2) is 48.5 Å². The maximum atomic E-state index is 10.9. The van der Waals surface area contributed by atoms with Crippen LogP contribution in [0.3, 0.4) is 0 Å². The molecule has 0 fully saturated rings. The third kappa shape index (κ3) is 2.86. The van der Waals surface area contributed by atoms with Crippen LogP contribution < -0.4 is 4.74 Å². The van der Waals surface area contributed by atoms with Gasteiger partial charge in [0.2, 0.25) is 0 Å². The summed E-state index contributed by atoms with van der Waals surface area (Å²) in [4.78, 5) is 10.9. The van der Waals surface area contributed by atoms with Crippen molar-refractivity contribution < 1.29 is 9.53 Å². The maximum Gasteiger partial charge on any atom is 0.150 e. The van der Waals surface area contributed by atoms with Gasteiger partial charge in [0.25, 0.3) is 0 Å². The van der Waals surface area contributed by atoms with E-state index in [0.29, 0.717) is 5.56 Å². The number of benzene rings is 2. The van der Waals surface area contributed by atoms with Gasteiger partial charge < -0.3 is 4.74 Å². The fourth-order valence-corrected chi connectivity index (χ4v) is 1.67. The second-order valence-electron chi connectivity index (χ2n) is 3.85. The first kappa shape index (κ1) is 12.1. The average Bonchev–Trinajstić information content (AvgIpc) is 2.46. The Labute approximate surface area is 107 Å². The first-order valence-corrected chi connectivity index (χ1v) is 5.70. The second-order valence-corrected chi connectivity index (χ2v) is 3.85. The number of aldehydes is 1. The topological polar surface area (TPSA) is 26.3 Å². The summed E-state index contributed by atoms with van der Waals surface area (Å²) in [5.41, 5.74) is 2.68. The number of hydrogen-bond donors (Lipinski definition) is 0. The molecule has 0 spiro atoms. The molecule has 0 amide bonds. The minimum absolute atomic E-state index is 0.697. The predicted octanol–water partition coefficient (Wildman–Crippen LogP) is 3.68. The first-order chi connectivity index (χ1) is 8.83. The van der Waals surface area contributed by atoms with E-state index in [1.165, 1.54) is 0 Å². The monoisotopic (exact) mass is 238 g/mol. The average molecular weight is 238 g/mol. The number of methoxy groups -OCH3 is 1. The van der Waals surface area contributed by atoms with E-state index < -0.39 is 0 Å². The van der Waals surface area contributed by atoms with Crippen LogP contribution in [-0.2, 0) is 0 Å². The molecule has 0 radical (unpaired) electrons. The molecule has 2 rings (SSSR count). The van der Waals surface area contributed by atoms with Crippen molar-refractivity contribution in [1.82, 2.24) is 0 Å². The molecular weight excluding hydrogens is 224 g/mol. The van der Waals surface area contributed by atoms with Gasteiger partial charge in [-0.1, -0.05) is 48.6 Å². The Balaban J connectivity index is 2.21. The maximum absolute atomic E-state index is 10.9. The summed E-state index contributed by atoms with van der Waals surface area (Å²) < 4.78 is 5.10. The van der Waals surface area contributed by atoms with Crippen LogP contribution in [0.2, 0.25) is 0 Å². The third-order valence-corrected chi connectivity index (χ3v) is 2.69.